The van der Waals surface area contributed by atoms with Crippen molar-refractivity contribution in [3.8, 4) is 22.5 Å². The Bertz CT molecular complexity index is 2080. The highest BCUT2D eigenvalue weighted by atomic mass is 16.6. The number of nitrogens with zero attached hydrogens (tertiary/aromatic N) is 1. The van der Waals surface area contributed by atoms with Crippen molar-refractivity contribution in [2.75, 3.05) is 0 Å². The first kappa shape index (κ1) is 34.7. The molecule has 0 aliphatic carbocycles. The molecule has 2 atom stereocenters. The first-order valence-electron chi connectivity index (χ1n) is 17.0. The van der Waals surface area contributed by atoms with E-state index in [0.29, 0.717) is 11.5 Å². The number of para-hydroxylation sites is 1. The molecule has 3 amide bonds. The fourth-order valence-corrected chi connectivity index (χ4v) is 5.85. The molecule has 0 unspecified atom stereocenters. The summed E-state index contributed by atoms with van der Waals surface area (Å²) >= 11 is 0. The molecule has 0 bridgehead atoms. The predicted molar refractivity (Wildman–Crippen MR) is 199 cm³/mol. The van der Waals surface area contributed by atoms with Crippen molar-refractivity contribution in [3.05, 3.63) is 138 Å². The van der Waals surface area contributed by atoms with E-state index in [1.807, 2.05) is 103 Å². The monoisotopic (exact) mass is 682 g/mol. The Morgan fingerprint density at radius 3 is 2.08 bits per heavy atom. The third kappa shape index (κ3) is 9.30. The zero-order valence-electron chi connectivity index (χ0n) is 28.9. The van der Waals surface area contributed by atoms with Crippen molar-refractivity contribution in [1.82, 2.24) is 30.9 Å². The summed E-state index contributed by atoms with van der Waals surface area (Å²) in [5.74, 6) is -0.260. The SMILES string of the molecule is CC(C)(C)OC(=O)N[C@@H](Cc1c[nH]c2ccccc12)C(=O)N[C@@H](Cc1cnc(-c2ccc(-c3ccccc3)cc2)[nH]1)C(=O)NCc1ccccc1. The second kappa shape index (κ2) is 15.6. The van der Waals surface area contributed by atoms with Crippen LogP contribution < -0.4 is 16.0 Å². The van der Waals surface area contributed by atoms with Gasteiger partial charge >= 0.3 is 6.09 Å². The largest absolute Gasteiger partial charge is 0.444 e. The molecular formula is C41H42N6O4. The number of hydrogen-bond donors (Lipinski definition) is 5. The third-order valence-corrected chi connectivity index (χ3v) is 8.37. The first-order chi connectivity index (χ1) is 24.6. The predicted octanol–water partition coefficient (Wildman–Crippen LogP) is 6.70. The van der Waals surface area contributed by atoms with E-state index in [2.05, 4.69) is 43.0 Å². The number of imidazole rings is 1. The Morgan fingerprint density at radius 1 is 0.725 bits per heavy atom. The maximum absolute atomic E-state index is 14.1. The van der Waals surface area contributed by atoms with Gasteiger partial charge in [-0.2, -0.15) is 0 Å². The van der Waals surface area contributed by atoms with E-state index < -0.39 is 29.7 Å². The highest BCUT2D eigenvalue weighted by Gasteiger charge is 2.30. The molecule has 4 aromatic carbocycles. The van der Waals surface area contributed by atoms with E-state index in [0.717, 1.165) is 38.7 Å². The molecule has 10 heteroatoms. The molecule has 0 saturated heterocycles. The van der Waals surface area contributed by atoms with E-state index in [4.69, 9.17) is 4.74 Å². The fraction of sp³-hybridized carbons (Fsp3) is 0.220. The highest BCUT2D eigenvalue weighted by Crippen LogP contribution is 2.24. The molecule has 0 saturated carbocycles. The number of rotatable bonds is 12. The van der Waals surface area contributed by atoms with Crippen LogP contribution in [0.2, 0.25) is 0 Å². The maximum atomic E-state index is 14.1. The number of fused-ring (bicyclic) bond motifs is 1. The van der Waals surface area contributed by atoms with Crippen LogP contribution in [-0.2, 0) is 33.7 Å². The summed E-state index contributed by atoms with van der Waals surface area (Å²) in [4.78, 5) is 51.9. The highest BCUT2D eigenvalue weighted by molar-refractivity contribution is 5.92. The van der Waals surface area contributed by atoms with Gasteiger partial charge in [0.05, 0.1) is 0 Å². The average Bonchev–Trinajstić information content (AvgIpc) is 3.77. The normalized spacial score (nSPS) is 12.5. The molecule has 5 N–H and O–H groups in total. The number of benzene rings is 4. The molecule has 51 heavy (non-hydrogen) atoms. The molecule has 260 valence electrons. The quantitative estimate of drug-likeness (QED) is 0.0977. The van der Waals surface area contributed by atoms with Crippen molar-refractivity contribution < 1.29 is 19.1 Å². The number of hydrogen-bond acceptors (Lipinski definition) is 5. The minimum Gasteiger partial charge on any atom is -0.444 e. The number of nitrogens with one attached hydrogen (secondary N) is 5. The molecule has 0 fully saturated rings. The van der Waals surface area contributed by atoms with Gasteiger partial charge in [0.2, 0.25) is 11.8 Å². The van der Waals surface area contributed by atoms with Crippen LogP contribution in [0.4, 0.5) is 4.79 Å². The van der Waals surface area contributed by atoms with Crippen LogP contribution in [0.25, 0.3) is 33.4 Å². The molecule has 10 nitrogen and oxygen atoms in total. The topological polar surface area (TPSA) is 141 Å². The number of aromatic nitrogens is 3. The van der Waals surface area contributed by atoms with Gasteiger partial charge in [-0.15, -0.1) is 0 Å². The van der Waals surface area contributed by atoms with Crippen molar-refractivity contribution in [1.29, 1.82) is 0 Å². The maximum Gasteiger partial charge on any atom is 0.408 e. The Balaban J connectivity index is 1.23. The number of carbonyl (C=O) groups excluding carboxylic acids is 3. The van der Waals surface area contributed by atoms with Crippen LogP contribution >= 0.6 is 0 Å². The summed E-state index contributed by atoms with van der Waals surface area (Å²) in [5, 5.41) is 9.56. The molecule has 0 aliphatic rings. The minimum atomic E-state index is -1.04. The number of aromatic amines is 2. The van der Waals surface area contributed by atoms with Crippen LogP contribution in [-0.4, -0.2) is 50.5 Å². The van der Waals surface area contributed by atoms with Crippen molar-refractivity contribution in [3.63, 3.8) is 0 Å². The van der Waals surface area contributed by atoms with E-state index in [9.17, 15) is 14.4 Å². The van der Waals surface area contributed by atoms with Gasteiger partial charge in [0.1, 0.15) is 23.5 Å². The Labute approximate surface area is 297 Å². The van der Waals surface area contributed by atoms with Gasteiger partial charge in [-0.3, -0.25) is 9.59 Å². The molecule has 2 aromatic heterocycles. The summed E-state index contributed by atoms with van der Waals surface area (Å²) < 4.78 is 5.51. The zero-order valence-corrected chi connectivity index (χ0v) is 28.9. The second-order valence-corrected chi connectivity index (χ2v) is 13.4. The molecule has 6 rings (SSSR count). The summed E-state index contributed by atoms with van der Waals surface area (Å²) in [5.41, 5.74) is 5.64. The lowest BCUT2D eigenvalue weighted by atomic mass is 10.0. The lowest BCUT2D eigenvalue weighted by molar-refractivity contribution is -0.130. The second-order valence-electron chi connectivity index (χ2n) is 13.4. The van der Waals surface area contributed by atoms with E-state index in [1.165, 1.54) is 0 Å². The molecular weight excluding hydrogens is 640 g/mol. The van der Waals surface area contributed by atoms with Gasteiger partial charge in [0, 0.05) is 53.9 Å². The molecule has 0 aliphatic heterocycles. The van der Waals surface area contributed by atoms with Gasteiger partial charge in [-0.1, -0.05) is 103 Å². The number of ether oxygens (including phenoxy) is 1. The zero-order chi connectivity index (χ0) is 35.8. The van der Waals surface area contributed by atoms with Gasteiger partial charge in [-0.05, 0) is 49.1 Å². The summed E-state index contributed by atoms with van der Waals surface area (Å²) in [6, 6.07) is 33.4. The first-order valence-corrected chi connectivity index (χ1v) is 17.0. The lowest BCUT2D eigenvalue weighted by Gasteiger charge is -2.25. The lowest BCUT2D eigenvalue weighted by Crippen LogP contribution is -2.55. The summed E-state index contributed by atoms with van der Waals surface area (Å²) in [6.45, 7) is 5.54. The molecule has 0 radical (unpaired) electrons. The van der Waals surface area contributed by atoms with Gasteiger partial charge in [0.15, 0.2) is 0 Å². The van der Waals surface area contributed by atoms with Gasteiger partial charge in [0.25, 0.3) is 0 Å². The summed E-state index contributed by atoms with van der Waals surface area (Å²) in [7, 11) is 0. The van der Waals surface area contributed by atoms with Crippen LogP contribution in [0.1, 0.15) is 37.6 Å². The summed E-state index contributed by atoms with van der Waals surface area (Å²) in [6.07, 6.45) is 3.06. The molecule has 6 aromatic rings. The number of amides is 3. The van der Waals surface area contributed by atoms with Gasteiger partial charge < -0.3 is 30.7 Å². The fourth-order valence-electron chi connectivity index (χ4n) is 5.85. The Morgan fingerprint density at radius 2 is 1.35 bits per heavy atom. The van der Waals surface area contributed by atoms with Crippen LogP contribution in [0.15, 0.2) is 122 Å². The molecule has 2 heterocycles. The van der Waals surface area contributed by atoms with Crippen molar-refractivity contribution in [2.45, 2.75) is 57.8 Å². The smallest absolute Gasteiger partial charge is 0.408 e. The van der Waals surface area contributed by atoms with Crippen LogP contribution in [0.5, 0.6) is 0 Å². The van der Waals surface area contributed by atoms with E-state index >= 15 is 0 Å². The Hall–Kier alpha value is -6.16. The van der Waals surface area contributed by atoms with E-state index in [-0.39, 0.29) is 25.3 Å². The van der Waals surface area contributed by atoms with Crippen molar-refractivity contribution >= 4 is 28.8 Å². The minimum absolute atomic E-state index is 0.133. The number of alkyl carbamates (subject to hydrolysis) is 1. The van der Waals surface area contributed by atoms with Crippen LogP contribution in [0.3, 0.4) is 0 Å². The molecule has 0 spiro atoms. The average molecular weight is 683 g/mol. The van der Waals surface area contributed by atoms with Gasteiger partial charge in [-0.25, -0.2) is 9.78 Å². The third-order valence-electron chi connectivity index (χ3n) is 8.37. The number of H-pyrrole nitrogens is 2. The Kier molecular flexibility index (Phi) is 10.6. The van der Waals surface area contributed by atoms with Crippen LogP contribution in [0, 0.1) is 0 Å². The van der Waals surface area contributed by atoms with E-state index in [1.54, 1.807) is 27.0 Å². The van der Waals surface area contributed by atoms with Crippen molar-refractivity contribution in [2.24, 2.45) is 0 Å². The standard InChI is InChI=1S/C41H42N6O4/c1-41(2,3)51-40(50)47-35(22-31-25-42-34-17-11-10-16-33(31)34)39(49)46-36(38(48)44-24-27-12-6-4-7-13-27)23-32-26-43-37(45-32)30-20-18-29(19-21-30)28-14-8-5-9-15-28/h4-21,25-26,35-36,42H,22-24H2,1-3H3,(H,43,45)(H,44,48)(H,46,49)(H,47,50)/t35-,36-/m0/s1. The number of carbonyl (C=O) groups is 3.